The molecule has 0 radical (unpaired) electrons. The van der Waals surface area contributed by atoms with Crippen molar-refractivity contribution in [2.75, 3.05) is 4.90 Å². The molecule has 0 aliphatic rings. The number of aromatic hydroxyl groups is 1. The molecular weight excluding hydrogens is 238 g/mol. The van der Waals surface area contributed by atoms with E-state index in [0.717, 1.165) is 17.5 Å². The van der Waals surface area contributed by atoms with Crippen molar-refractivity contribution in [3.63, 3.8) is 0 Å². The lowest BCUT2D eigenvalue weighted by Crippen LogP contribution is -2.20. The highest BCUT2D eigenvalue weighted by Gasteiger charge is 2.09. The number of hydrogen-bond donors (Lipinski definition) is 1. The quantitative estimate of drug-likeness (QED) is 0.831. The van der Waals surface area contributed by atoms with Crippen molar-refractivity contribution in [1.29, 1.82) is 0 Å². The molecule has 3 heteroatoms. The third-order valence-electron chi connectivity index (χ3n) is 2.89. The molecule has 0 fully saturated rings. The normalized spacial score (nSPS) is 9.89. The van der Waals surface area contributed by atoms with Crippen LogP contribution in [0.4, 0.5) is 5.69 Å². The standard InChI is InChI=1S/C16H15NO2/c1-2-13-7-9-14(10-8-13)11-17(12-18)15-5-3-4-6-16(15)19/h2-10,12,19H,1,11H2. The maximum atomic E-state index is 11.2. The van der Waals surface area contributed by atoms with E-state index in [4.69, 9.17) is 0 Å². The van der Waals surface area contributed by atoms with Crippen molar-refractivity contribution >= 4 is 18.2 Å². The average molecular weight is 253 g/mol. The summed E-state index contributed by atoms with van der Waals surface area (Å²) >= 11 is 0. The van der Waals surface area contributed by atoms with Crippen molar-refractivity contribution in [1.82, 2.24) is 0 Å². The van der Waals surface area contributed by atoms with Gasteiger partial charge in [0.2, 0.25) is 6.41 Å². The topological polar surface area (TPSA) is 40.5 Å². The Morgan fingerprint density at radius 2 is 1.79 bits per heavy atom. The smallest absolute Gasteiger partial charge is 0.214 e. The molecule has 0 aromatic heterocycles. The zero-order valence-electron chi connectivity index (χ0n) is 10.5. The molecule has 0 bridgehead atoms. The minimum Gasteiger partial charge on any atom is -0.506 e. The van der Waals surface area contributed by atoms with Gasteiger partial charge < -0.3 is 10.0 Å². The summed E-state index contributed by atoms with van der Waals surface area (Å²) in [5, 5.41) is 9.76. The van der Waals surface area contributed by atoms with Gasteiger partial charge in [0, 0.05) is 0 Å². The molecule has 0 atom stereocenters. The summed E-state index contributed by atoms with van der Waals surface area (Å²) in [5.41, 5.74) is 2.52. The molecule has 2 aromatic carbocycles. The monoisotopic (exact) mass is 253 g/mol. The number of phenolic OH excluding ortho intramolecular Hbond substituents is 1. The number of hydrogen-bond acceptors (Lipinski definition) is 2. The second-order valence-electron chi connectivity index (χ2n) is 4.17. The van der Waals surface area contributed by atoms with Crippen molar-refractivity contribution < 1.29 is 9.90 Å². The maximum absolute atomic E-state index is 11.2. The van der Waals surface area contributed by atoms with Gasteiger partial charge in [-0.2, -0.15) is 0 Å². The third kappa shape index (κ3) is 3.01. The van der Waals surface area contributed by atoms with Crippen molar-refractivity contribution in [2.45, 2.75) is 6.54 Å². The van der Waals surface area contributed by atoms with Crippen molar-refractivity contribution in [3.05, 3.63) is 66.2 Å². The fourth-order valence-electron chi connectivity index (χ4n) is 1.84. The van der Waals surface area contributed by atoms with Crippen LogP contribution in [0.5, 0.6) is 5.75 Å². The van der Waals surface area contributed by atoms with E-state index in [9.17, 15) is 9.90 Å². The van der Waals surface area contributed by atoms with Gasteiger partial charge in [-0.25, -0.2) is 0 Å². The maximum Gasteiger partial charge on any atom is 0.214 e. The van der Waals surface area contributed by atoms with Gasteiger partial charge in [0.25, 0.3) is 0 Å². The number of para-hydroxylation sites is 2. The lowest BCUT2D eigenvalue weighted by molar-refractivity contribution is -0.107. The van der Waals surface area contributed by atoms with E-state index >= 15 is 0 Å². The van der Waals surface area contributed by atoms with E-state index in [1.54, 1.807) is 30.3 Å². The summed E-state index contributed by atoms with van der Waals surface area (Å²) in [4.78, 5) is 12.7. The van der Waals surface area contributed by atoms with Crippen LogP contribution in [0.1, 0.15) is 11.1 Å². The number of anilines is 1. The van der Waals surface area contributed by atoms with Crippen LogP contribution in [-0.4, -0.2) is 11.5 Å². The average Bonchev–Trinajstić information content (AvgIpc) is 2.46. The lowest BCUT2D eigenvalue weighted by Gasteiger charge is -2.18. The molecule has 2 aromatic rings. The molecule has 0 saturated heterocycles. The Hall–Kier alpha value is -2.55. The Labute approximate surface area is 112 Å². The molecule has 2 rings (SSSR count). The van der Waals surface area contributed by atoms with Gasteiger partial charge >= 0.3 is 0 Å². The van der Waals surface area contributed by atoms with Crippen LogP contribution in [0, 0.1) is 0 Å². The molecule has 0 aliphatic carbocycles. The van der Waals surface area contributed by atoms with Gasteiger partial charge in [0.05, 0.1) is 12.2 Å². The van der Waals surface area contributed by atoms with Gasteiger partial charge in [-0.05, 0) is 23.3 Å². The van der Waals surface area contributed by atoms with Gasteiger partial charge in [-0.3, -0.25) is 4.79 Å². The first-order valence-electron chi connectivity index (χ1n) is 5.96. The Kier molecular flexibility index (Phi) is 3.98. The highest BCUT2D eigenvalue weighted by Crippen LogP contribution is 2.26. The number of rotatable bonds is 5. The third-order valence-corrected chi connectivity index (χ3v) is 2.89. The Balaban J connectivity index is 2.21. The lowest BCUT2D eigenvalue weighted by atomic mass is 10.1. The molecule has 0 unspecified atom stereocenters. The highest BCUT2D eigenvalue weighted by molar-refractivity contribution is 5.78. The van der Waals surface area contributed by atoms with Crippen LogP contribution >= 0.6 is 0 Å². The van der Waals surface area contributed by atoms with Crippen LogP contribution in [0.2, 0.25) is 0 Å². The van der Waals surface area contributed by atoms with Crippen LogP contribution in [0.3, 0.4) is 0 Å². The van der Waals surface area contributed by atoms with Crippen molar-refractivity contribution in [3.8, 4) is 5.75 Å². The number of nitrogens with zero attached hydrogens (tertiary/aromatic N) is 1. The number of carbonyl (C=O) groups excluding carboxylic acids is 1. The minimum absolute atomic E-state index is 0.0947. The molecule has 0 spiro atoms. The molecule has 0 heterocycles. The van der Waals surface area contributed by atoms with E-state index in [1.165, 1.54) is 4.90 Å². The van der Waals surface area contributed by atoms with Gasteiger partial charge in [0.1, 0.15) is 5.75 Å². The molecule has 96 valence electrons. The highest BCUT2D eigenvalue weighted by atomic mass is 16.3. The number of phenols is 1. The van der Waals surface area contributed by atoms with Crippen LogP contribution < -0.4 is 4.90 Å². The number of carbonyl (C=O) groups is 1. The van der Waals surface area contributed by atoms with Gasteiger partial charge in [-0.1, -0.05) is 49.1 Å². The second-order valence-corrected chi connectivity index (χ2v) is 4.17. The predicted octanol–water partition coefficient (Wildman–Crippen LogP) is 3.20. The van der Waals surface area contributed by atoms with Gasteiger partial charge in [0.15, 0.2) is 0 Å². The zero-order valence-corrected chi connectivity index (χ0v) is 10.5. The minimum atomic E-state index is 0.0947. The Morgan fingerprint density at radius 3 is 2.37 bits per heavy atom. The largest absolute Gasteiger partial charge is 0.506 e. The summed E-state index contributed by atoms with van der Waals surface area (Å²) in [6.07, 6.45) is 2.49. The Morgan fingerprint density at radius 1 is 1.11 bits per heavy atom. The first kappa shape index (κ1) is 12.9. The second kappa shape index (κ2) is 5.87. The summed E-state index contributed by atoms with van der Waals surface area (Å²) < 4.78 is 0. The fraction of sp³-hybridized carbons (Fsp3) is 0.0625. The van der Waals surface area contributed by atoms with E-state index < -0.39 is 0 Å². The fourth-order valence-corrected chi connectivity index (χ4v) is 1.84. The molecule has 0 saturated carbocycles. The molecular formula is C16H15NO2. The van der Waals surface area contributed by atoms with E-state index in [-0.39, 0.29) is 5.75 Å². The summed E-state index contributed by atoms with van der Waals surface area (Å²) in [7, 11) is 0. The summed E-state index contributed by atoms with van der Waals surface area (Å²) in [5.74, 6) is 0.0947. The first-order chi connectivity index (χ1) is 9.24. The molecule has 0 aliphatic heterocycles. The van der Waals surface area contributed by atoms with Crippen LogP contribution in [0.15, 0.2) is 55.1 Å². The molecule has 1 amide bonds. The summed E-state index contributed by atoms with van der Waals surface area (Å²) in [6.45, 7) is 4.11. The van der Waals surface area contributed by atoms with Crippen LogP contribution in [-0.2, 0) is 11.3 Å². The first-order valence-corrected chi connectivity index (χ1v) is 5.96. The van der Waals surface area contributed by atoms with E-state index in [2.05, 4.69) is 6.58 Å². The molecule has 3 nitrogen and oxygen atoms in total. The Bertz CT molecular complexity index is 576. The van der Waals surface area contributed by atoms with Crippen molar-refractivity contribution in [2.24, 2.45) is 0 Å². The number of benzene rings is 2. The van der Waals surface area contributed by atoms with Gasteiger partial charge in [-0.15, -0.1) is 0 Å². The molecule has 1 N–H and O–H groups in total. The predicted molar refractivity (Wildman–Crippen MR) is 76.9 cm³/mol. The number of amides is 1. The summed E-state index contributed by atoms with van der Waals surface area (Å²) in [6, 6.07) is 14.5. The van der Waals surface area contributed by atoms with Crippen LogP contribution in [0.25, 0.3) is 6.08 Å². The van der Waals surface area contributed by atoms with E-state index in [1.807, 2.05) is 24.3 Å². The SMILES string of the molecule is C=Cc1ccc(CN(C=O)c2ccccc2O)cc1. The molecule has 19 heavy (non-hydrogen) atoms. The van der Waals surface area contributed by atoms with E-state index in [0.29, 0.717) is 12.2 Å². The zero-order chi connectivity index (χ0) is 13.7.